The summed E-state index contributed by atoms with van der Waals surface area (Å²) in [5.41, 5.74) is 3.93. The Morgan fingerprint density at radius 2 is 2.17 bits per heavy atom. The van der Waals surface area contributed by atoms with Crippen molar-refractivity contribution in [1.82, 2.24) is 4.90 Å². The lowest BCUT2D eigenvalue weighted by Crippen LogP contribution is -2.28. The monoisotopic (exact) mass is 267 g/mol. The molecule has 0 radical (unpaired) electrons. The van der Waals surface area contributed by atoms with Crippen LogP contribution in [0.4, 0.5) is 0 Å². The molecule has 1 aliphatic carbocycles. The van der Waals surface area contributed by atoms with Crippen LogP contribution in [0, 0.1) is 0 Å². The number of nitrogens with zero attached hydrogens (tertiary/aromatic N) is 1. The molecule has 1 aromatic rings. The van der Waals surface area contributed by atoms with Crippen molar-refractivity contribution < 1.29 is 9.90 Å². The molecule has 0 heterocycles. The first kappa shape index (κ1) is 13.4. The van der Waals surface area contributed by atoms with Gasteiger partial charge in [-0.1, -0.05) is 18.2 Å². The van der Waals surface area contributed by atoms with Crippen LogP contribution in [-0.2, 0) is 17.6 Å². The molecule has 0 aliphatic heterocycles. The molecule has 18 heavy (non-hydrogen) atoms. The van der Waals surface area contributed by atoms with E-state index in [0.29, 0.717) is 6.54 Å². The summed E-state index contributed by atoms with van der Waals surface area (Å²) < 4.78 is 0. The van der Waals surface area contributed by atoms with Gasteiger partial charge >= 0.3 is 5.97 Å². The summed E-state index contributed by atoms with van der Waals surface area (Å²) >= 11 is 6.35. The number of hydrogen-bond donors (Lipinski definition) is 1. The predicted octanol–water partition coefficient (Wildman–Crippen LogP) is 2.47. The normalized spacial score (nSPS) is 15.7. The molecule has 1 atom stereocenters. The first-order valence-electron chi connectivity index (χ1n) is 6.22. The number of carboxylic acid groups (broad SMARTS) is 1. The quantitative estimate of drug-likeness (QED) is 0.834. The SMILES string of the molecule is CN(CC(=O)O)CC(Cl)c1ccc2c(c1)CCC2. The number of rotatable bonds is 5. The van der Waals surface area contributed by atoms with Crippen molar-refractivity contribution in [3.05, 3.63) is 34.9 Å². The number of hydrogen-bond acceptors (Lipinski definition) is 2. The average molecular weight is 268 g/mol. The van der Waals surface area contributed by atoms with E-state index in [-0.39, 0.29) is 11.9 Å². The van der Waals surface area contributed by atoms with E-state index in [2.05, 4.69) is 18.2 Å². The van der Waals surface area contributed by atoms with E-state index < -0.39 is 5.97 Å². The van der Waals surface area contributed by atoms with Gasteiger partial charge in [-0.3, -0.25) is 9.69 Å². The minimum absolute atomic E-state index is 0.0220. The third-order valence-corrected chi connectivity index (χ3v) is 3.75. The maximum Gasteiger partial charge on any atom is 0.317 e. The van der Waals surface area contributed by atoms with Gasteiger partial charge < -0.3 is 5.11 Å². The van der Waals surface area contributed by atoms with Crippen LogP contribution in [0.15, 0.2) is 18.2 Å². The molecule has 0 fully saturated rings. The number of halogens is 1. The lowest BCUT2D eigenvalue weighted by atomic mass is 10.0. The summed E-state index contributed by atoms with van der Waals surface area (Å²) in [6.45, 7) is 0.570. The van der Waals surface area contributed by atoms with Crippen LogP contribution in [0.3, 0.4) is 0 Å². The third kappa shape index (κ3) is 3.24. The standard InChI is InChI=1S/C14H18ClNO2/c1-16(9-14(17)18)8-13(15)12-6-5-10-3-2-4-11(10)7-12/h5-7,13H,2-4,8-9H2,1H3,(H,17,18). The predicted molar refractivity (Wildman–Crippen MR) is 72.2 cm³/mol. The van der Waals surface area contributed by atoms with Crippen molar-refractivity contribution in [3.8, 4) is 0 Å². The first-order chi connectivity index (χ1) is 8.56. The fourth-order valence-corrected chi connectivity index (χ4v) is 2.83. The molecule has 0 saturated heterocycles. The van der Waals surface area contributed by atoms with E-state index in [0.717, 1.165) is 12.0 Å². The van der Waals surface area contributed by atoms with Gasteiger partial charge in [0.05, 0.1) is 11.9 Å². The highest BCUT2D eigenvalue weighted by Gasteiger charge is 2.16. The molecule has 3 nitrogen and oxygen atoms in total. The van der Waals surface area contributed by atoms with Gasteiger partial charge in [0.25, 0.3) is 0 Å². The van der Waals surface area contributed by atoms with Crippen molar-refractivity contribution >= 4 is 17.6 Å². The van der Waals surface area contributed by atoms with Gasteiger partial charge in [-0.15, -0.1) is 11.6 Å². The smallest absolute Gasteiger partial charge is 0.317 e. The summed E-state index contributed by atoms with van der Waals surface area (Å²) in [7, 11) is 1.77. The molecule has 2 rings (SSSR count). The van der Waals surface area contributed by atoms with E-state index in [1.54, 1.807) is 11.9 Å². The zero-order valence-electron chi connectivity index (χ0n) is 10.5. The number of benzene rings is 1. The van der Waals surface area contributed by atoms with Crippen LogP contribution < -0.4 is 0 Å². The van der Waals surface area contributed by atoms with Crippen LogP contribution in [0.1, 0.15) is 28.5 Å². The Balaban J connectivity index is 2.00. The highest BCUT2D eigenvalue weighted by atomic mass is 35.5. The van der Waals surface area contributed by atoms with Crippen LogP contribution in [0.2, 0.25) is 0 Å². The highest BCUT2D eigenvalue weighted by molar-refractivity contribution is 6.21. The minimum Gasteiger partial charge on any atom is -0.480 e. The number of aryl methyl sites for hydroxylation is 2. The Kier molecular flexibility index (Phi) is 4.25. The Bertz CT molecular complexity index is 447. The van der Waals surface area contributed by atoms with Gasteiger partial charge in [0.15, 0.2) is 0 Å². The lowest BCUT2D eigenvalue weighted by Gasteiger charge is -2.18. The Hall–Kier alpha value is -1.06. The molecular formula is C14H18ClNO2. The molecule has 1 aromatic carbocycles. The van der Waals surface area contributed by atoms with Crippen LogP contribution >= 0.6 is 11.6 Å². The van der Waals surface area contributed by atoms with Crippen molar-refractivity contribution in [2.75, 3.05) is 20.1 Å². The third-order valence-electron chi connectivity index (χ3n) is 3.36. The van der Waals surface area contributed by atoms with Crippen molar-refractivity contribution in [3.63, 3.8) is 0 Å². The van der Waals surface area contributed by atoms with E-state index in [1.165, 1.54) is 24.0 Å². The van der Waals surface area contributed by atoms with Crippen LogP contribution in [-0.4, -0.2) is 36.1 Å². The summed E-state index contributed by atoms with van der Waals surface area (Å²) in [6, 6.07) is 6.40. The molecule has 1 aliphatic rings. The van der Waals surface area contributed by atoms with Gasteiger partial charge in [0, 0.05) is 6.54 Å². The first-order valence-corrected chi connectivity index (χ1v) is 6.66. The molecule has 4 heteroatoms. The molecule has 0 amide bonds. The molecule has 1 unspecified atom stereocenters. The zero-order chi connectivity index (χ0) is 13.1. The van der Waals surface area contributed by atoms with Crippen LogP contribution in [0.5, 0.6) is 0 Å². The summed E-state index contributed by atoms with van der Waals surface area (Å²) in [5.74, 6) is -0.824. The van der Waals surface area contributed by atoms with E-state index >= 15 is 0 Å². The summed E-state index contributed by atoms with van der Waals surface area (Å²) in [6.07, 6.45) is 3.53. The number of carbonyl (C=O) groups is 1. The molecule has 0 saturated carbocycles. The summed E-state index contributed by atoms with van der Waals surface area (Å²) in [5, 5.41) is 8.56. The van der Waals surface area contributed by atoms with E-state index in [1.807, 2.05) is 0 Å². The van der Waals surface area contributed by atoms with Crippen molar-refractivity contribution in [2.45, 2.75) is 24.6 Å². The molecule has 0 bridgehead atoms. The molecule has 0 aromatic heterocycles. The van der Waals surface area contributed by atoms with Gasteiger partial charge in [-0.2, -0.15) is 0 Å². The second-order valence-corrected chi connectivity index (χ2v) is 5.47. The average Bonchev–Trinajstić information content (AvgIpc) is 2.74. The largest absolute Gasteiger partial charge is 0.480 e. The van der Waals surface area contributed by atoms with Gasteiger partial charge in [-0.25, -0.2) is 0 Å². The maximum atomic E-state index is 10.6. The number of fused-ring (bicyclic) bond motifs is 1. The fourth-order valence-electron chi connectivity index (χ4n) is 2.46. The number of alkyl halides is 1. The lowest BCUT2D eigenvalue weighted by molar-refractivity contribution is -0.137. The topological polar surface area (TPSA) is 40.5 Å². The fraction of sp³-hybridized carbons (Fsp3) is 0.500. The van der Waals surface area contributed by atoms with Crippen molar-refractivity contribution in [2.24, 2.45) is 0 Å². The Morgan fingerprint density at radius 3 is 2.89 bits per heavy atom. The number of carboxylic acids is 1. The Morgan fingerprint density at radius 1 is 1.44 bits per heavy atom. The van der Waals surface area contributed by atoms with Crippen molar-refractivity contribution in [1.29, 1.82) is 0 Å². The molecule has 1 N–H and O–H groups in total. The second-order valence-electron chi connectivity index (χ2n) is 4.94. The molecular weight excluding hydrogens is 250 g/mol. The van der Waals surface area contributed by atoms with Crippen LogP contribution in [0.25, 0.3) is 0 Å². The minimum atomic E-state index is -0.824. The van der Waals surface area contributed by atoms with Gasteiger partial charge in [0.1, 0.15) is 0 Å². The molecule has 98 valence electrons. The van der Waals surface area contributed by atoms with E-state index in [9.17, 15) is 4.79 Å². The Labute approximate surface area is 112 Å². The molecule has 0 spiro atoms. The number of likely N-dealkylation sites (N-methyl/N-ethyl adjacent to an activating group) is 1. The second kappa shape index (κ2) is 5.72. The highest BCUT2D eigenvalue weighted by Crippen LogP contribution is 2.28. The maximum absolute atomic E-state index is 10.6. The zero-order valence-corrected chi connectivity index (χ0v) is 11.3. The van der Waals surface area contributed by atoms with Gasteiger partial charge in [-0.05, 0) is 43.0 Å². The number of aliphatic carboxylic acids is 1. The summed E-state index contributed by atoms with van der Waals surface area (Å²) in [4.78, 5) is 12.3. The van der Waals surface area contributed by atoms with Gasteiger partial charge in [0.2, 0.25) is 0 Å². The van der Waals surface area contributed by atoms with E-state index in [4.69, 9.17) is 16.7 Å².